The number of halogens is 1. The second-order valence-corrected chi connectivity index (χ2v) is 2.49. The first-order valence-electron chi connectivity index (χ1n) is 3.25. The van der Waals surface area contributed by atoms with Crippen molar-refractivity contribution < 1.29 is 4.39 Å². The number of alkyl halides is 1. The van der Waals surface area contributed by atoms with Gasteiger partial charge in [0.1, 0.15) is 6.17 Å². The van der Waals surface area contributed by atoms with Gasteiger partial charge in [-0.15, -0.1) is 0 Å². The predicted molar refractivity (Wildman–Crippen MR) is 37.5 cm³/mol. The molecular formula is C7H11FN2. The maximum Gasteiger partial charge on any atom is 0.141 e. The van der Waals surface area contributed by atoms with E-state index < -0.39 is 6.17 Å². The highest BCUT2D eigenvalue weighted by Gasteiger charge is 2.09. The largest absolute Gasteiger partial charge is 0.275 e. The molecule has 10 heavy (non-hydrogen) atoms. The topological polar surface area (TPSA) is 17.8 Å². The lowest BCUT2D eigenvalue weighted by atomic mass is 10.2. The third-order valence-electron chi connectivity index (χ3n) is 1.43. The first-order chi connectivity index (χ1) is 4.61. The Hall–Kier alpha value is -0.860. The first-order valence-corrected chi connectivity index (χ1v) is 3.25. The van der Waals surface area contributed by atoms with Crippen LogP contribution in [0.25, 0.3) is 0 Å². The normalized spacial score (nSPS) is 13.6. The quantitative estimate of drug-likeness (QED) is 0.584. The lowest BCUT2D eigenvalue weighted by molar-refractivity contribution is 0.362. The fourth-order valence-electron chi connectivity index (χ4n) is 1.02. The monoisotopic (exact) mass is 142 g/mol. The molecule has 0 amide bonds. The molecule has 0 radical (unpaired) electrons. The van der Waals surface area contributed by atoms with Gasteiger partial charge in [0.2, 0.25) is 0 Å². The number of aryl methyl sites for hydroxylation is 2. The summed E-state index contributed by atoms with van der Waals surface area (Å²) in [4.78, 5) is 0. The van der Waals surface area contributed by atoms with E-state index >= 15 is 0 Å². The van der Waals surface area contributed by atoms with Crippen LogP contribution in [0.3, 0.4) is 0 Å². The van der Waals surface area contributed by atoms with Crippen LogP contribution in [-0.4, -0.2) is 9.78 Å². The zero-order chi connectivity index (χ0) is 7.72. The van der Waals surface area contributed by atoms with Gasteiger partial charge in [-0.1, -0.05) is 0 Å². The van der Waals surface area contributed by atoms with E-state index in [2.05, 4.69) is 5.10 Å². The maximum atomic E-state index is 12.6. The summed E-state index contributed by atoms with van der Waals surface area (Å²) in [5.41, 5.74) is 1.46. The van der Waals surface area contributed by atoms with Crippen LogP contribution < -0.4 is 0 Å². The van der Waals surface area contributed by atoms with Crippen LogP contribution in [0.2, 0.25) is 0 Å². The van der Waals surface area contributed by atoms with Gasteiger partial charge in [-0.25, -0.2) is 4.39 Å². The second kappa shape index (κ2) is 2.40. The maximum absolute atomic E-state index is 12.6. The van der Waals surface area contributed by atoms with Crippen LogP contribution in [-0.2, 0) is 7.05 Å². The van der Waals surface area contributed by atoms with E-state index in [1.54, 1.807) is 11.7 Å². The molecule has 0 bridgehead atoms. The fraction of sp³-hybridized carbons (Fsp3) is 0.571. The molecule has 0 aliphatic heterocycles. The lowest BCUT2D eigenvalue weighted by Gasteiger charge is -1.95. The molecular weight excluding hydrogens is 131 g/mol. The van der Waals surface area contributed by atoms with Gasteiger partial charge in [-0.2, -0.15) is 5.10 Å². The Balaban J connectivity index is 3.03. The molecule has 1 aromatic rings. The van der Waals surface area contributed by atoms with E-state index in [9.17, 15) is 4.39 Å². The van der Waals surface area contributed by atoms with Crippen molar-refractivity contribution in [2.75, 3.05) is 0 Å². The standard InChI is InChI=1S/C7H11FN2/c1-5-4-10(3)9-7(5)6(2)8/h4,6H,1-3H3. The van der Waals surface area contributed by atoms with Gasteiger partial charge in [0.05, 0.1) is 5.69 Å². The average Bonchev–Trinajstić information content (AvgIpc) is 2.10. The van der Waals surface area contributed by atoms with Crippen molar-refractivity contribution in [1.82, 2.24) is 9.78 Å². The van der Waals surface area contributed by atoms with Crippen LogP contribution in [0.5, 0.6) is 0 Å². The molecule has 1 aromatic heterocycles. The molecule has 0 aliphatic rings. The number of nitrogens with zero attached hydrogens (tertiary/aromatic N) is 2. The van der Waals surface area contributed by atoms with Crippen molar-refractivity contribution in [2.24, 2.45) is 7.05 Å². The SMILES string of the molecule is Cc1cn(C)nc1C(C)F. The number of hydrogen-bond donors (Lipinski definition) is 0. The van der Waals surface area contributed by atoms with E-state index in [0.717, 1.165) is 5.56 Å². The van der Waals surface area contributed by atoms with E-state index in [-0.39, 0.29) is 0 Å². The Bertz CT molecular complexity index is 228. The lowest BCUT2D eigenvalue weighted by Crippen LogP contribution is -1.92. The summed E-state index contributed by atoms with van der Waals surface area (Å²) in [6.45, 7) is 3.35. The van der Waals surface area contributed by atoms with Crippen LogP contribution in [0.1, 0.15) is 24.4 Å². The van der Waals surface area contributed by atoms with E-state index in [0.29, 0.717) is 5.69 Å². The van der Waals surface area contributed by atoms with Gasteiger partial charge in [0.25, 0.3) is 0 Å². The second-order valence-electron chi connectivity index (χ2n) is 2.49. The molecule has 0 spiro atoms. The van der Waals surface area contributed by atoms with Crippen molar-refractivity contribution in [1.29, 1.82) is 0 Å². The highest BCUT2D eigenvalue weighted by Crippen LogP contribution is 2.17. The van der Waals surface area contributed by atoms with Crippen molar-refractivity contribution in [3.63, 3.8) is 0 Å². The molecule has 0 aliphatic carbocycles. The van der Waals surface area contributed by atoms with Crippen LogP contribution in [0.15, 0.2) is 6.20 Å². The average molecular weight is 142 g/mol. The van der Waals surface area contributed by atoms with Crippen LogP contribution >= 0.6 is 0 Å². The molecule has 0 saturated heterocycles. The van der Waals surface area contributed by atoms with Gasteiger partial charge in [-0.05, 0) is 19.4 Å². The molecule has 56 valence electrons. The molecule has 3 heteroatoms. The minimum Gasteiger partial charge on any atom is -0.275 e. The van der Waals surface area contributed by atoms with Crippen molar-refractivity contribution in [2.45, 2.75) is 20.0 Å². The van der Waals surface area contributed by atoms with Crippen molar-refractivity contribution in [3.8, 4) is 0 Å². The number of aromatic nitrogens is 2. The summed E-state index contributed by atoms with van der Waals surface area (Å²) < 4.78 is 14.3. The zero-order valence-corrected chi connectivity index (χ0v) is 6.43. The molecule has 1 heterocycles. The van der Waals surface area contributed by atoms with E-state index in [1.807, 2.05) is 13.1 Å². The molecule has 1 unspecified atom stereocenters. The highest BCUT2D eigenvalue weighted by atomic mass is 19.1. The molecule has 1 rings (SSSR count). The molecule has 0 aromatic carbocycles. The summed E-state index contributed by atoms with van der Waals surface area (Å²) in [6.07, 6.45) is 0.854. The first kappa shape index (κ1) is 7.25. The number of hydrogen-bond acceptors (Lipinski definition) is 1. The van der Waals surface area contributed by atoms with E-state index in [4.69, 9.17) is 0 Å². The minimum absolute atomic E-state index is 0.544. The van der Waals surface area contributed by atoms with Crippen molar-refractivity contribution >= 4 is 0 Å². The van der Waals surface area contributed by atoms with Crippen LogP contribution in [0.4, 0.5) is 4.39 Å². The molecule has 2 nitrogen and oxygen atoms in total. The number of rotatable bonds is 1. The molecule has 0 fully saturated rings. The molecule has 0 N–H and O–H groups in total. The Morgan fingerprint density at radius 3 is 2.50 bits per heavy atom. The van der Waals surface area contributed by atoms with Gasteiger partial charge in [0, 0.05) is 13.2 Å². The molecule has 1 atom stereocenters. The summed E-state index contributed by atoms with van der Waals surface area (Å²) in [6, 6.07) is 0. The molecule has 0 saturated carbocycles. The fourth-order valence-corrected chi connectivity index (χ4v) is 1.02. The Morgan fingerprint density at radius 1 is 1.70 bits per heavy atom. The summed E-state index contributed by atoms with van der Waals surface area (Å²) >= 11 is 0. The Labute approximate surface area is 59.7 Å². The van der Waals surface area contributed by atoms with Gasteiger partial charge in [0.15, 0.2) is 0 Å². The minimum atomic E-state index is -0.957. The van der Waals surface area contributed by atoms with Crippen molar-refractivity contribution in [3.05, 3.63) is 17.5 Å². The third-order valence-corrected chi connectivity index (χ3v) is 1.43. The summed E-state index contributed by atoms with van der Waals surface area (Å²) in [5.74, 6) is 0. The third kappa shape index (κ3) is 1.17. The smallest absolute Gasteiger partial charge is 0.141 e. The predicted octanol–water partition coefficient (Wildman–Crippen LogP) is 1.76. The van der Waals surface area contributed by atoms with E-state index in [1.165, 1.54) is 6.92 Å². The van der Waals surface area contributed by atoms with Gasteiger partial charge >= 0.3 is 0 Å². The van der Waals surface area contributed by atoms with Gasteiger partial charge < -0.3 is 0 Å². The zero-order valence-electron chi connectivity index (χ0n) is 6.43. The Morgan fingerprint density at radius 2 is 2.30 bits per heavy atom. The Kier molecular flexibility index (Phi) is 1.74. The van der Waals surface area contributed by atoms with Crippen LogP contribution in [0, 0.1) is 6.92 Å². The summed E-state index contributed by atoms with van der Waals surface area (Å²) in [7, 11) is 1.79. The van der Waals surface area contributed by atoms with Gasteiger partial charge in [-0.3, -0.25) is 4.68 Å². The highest BCUT2D eigenvalue weighted by molar-refractivity contribution is 5.16. The summed E-state index contributed by atoms with van der Waals surface area (Å²) in [5, 5.41) is 3.95.